The summed E-state index contributed by atoms with van der Waals surface area (Å²) in [7, 11) is 3.29. The van der Waals surface area contributed by atoms with E-state index in [0.717, 1.165) is 0 Å². The van der Waals surface area contributed by atoms with Gasteiger partial charge in [0, 0.05) is 20.2 Å². The van der Waals surface area contributed by atoms with Gasteiger partial charge in [0.2, 0.25) is 0 Å². The van der Waals surface area contributed by atoms with E-state index in [1.54, 1.807) is 14.1 Å². The van der Waals surface area contributed by atoms with Gasteiger partial charge in [-0.3, -0.25) is 4.79 Å². The highest BCUT2D eigenvalue weighted by atomic mass is 35.5. The molecule has 0 radical (unpaired) electrons. The average Bonchev–Trinajstić information content (AvgIpc) is 2.20. The predicted molar refractivity (Wildman–Crippen MR) is 65.1 cm³/mol. The number of likely N-dealkylation sites (N-methyl/N-ethyl adjacent to an activating group) is 1. The SMILES string of the molecule is CN(C)C(=O)COc1cc(Cl)c(Cl)cc1N. The standard InChI is InChI=1S/C10H12Cl2N2O2/c1-14(2)10(15)5-16-9-4-7(12)6(11)3-8(9)13/h3-4H,5,13H2,1-2H3. The molecule has 0 aliphatic heterocycles. The minimum Gasteiger partial charge on any atom is -0.482 e. The van der Waals surface area contributed by atoms with Crippen LogP contribution in [-0.2, 0) is 4.79 Å². The maximum atomic E-state index is 11.3. The Morgan fingerprint density at radius 2 is 1.94 bits per heavy atom. The first-order chi connectivity index (χ1) is 7.41. The van der Waals surface area contributed by atoms with Crippen molar-refractivity contribution in [3.8, 4) is 5.75 Å². The van der Waals surface area contributed by atoms with E-state index in [1.165, 1.54) is 17.0 Å². The summed E-state index contributed by atoms with van der Waals surface area (Å²) in [6, 6.07) is 2.97. The summed E-state index contributed by atoms with van der Waals surface area (Å²) in [6.07, 6.45) is 0. The smallest absolute Gasteiger partial charge is 0.259 e. The zero-order valence-electron chi connectivity index (χ0n) is 8.96. The van der Waals surface area contributed by atoms with E-state index >= 15 is 0 Å². The number of ether oxygens (including phenoxy) is 1. The monoisotopic (exact) mass is 262 g/mol. The van der Waals surface area contributed by atoms with Crippen molar-refractivity contribution in [2.24, 2.45) is 0 Å². The van der Waals surface area contributed by atoms with Crippen molar-refractivity contribution in [2.45, 2.75) is 0 Å². The van der Waals surface area contributed by atoms with E-state index in [0.29, 0.717) is 21.5 Å². The average molecular weight is 263 g/mol. The van der Waals surface area contributed by atoms with Crippen LogP contribution in [0.5, 0.6) is 5.75 Å². The van der Waals surface area contributed by atoms with Crippen molar-refractivity contribution >= 4 is 34.8 Å². The van der Waals surface area contributed by atoms with Gasteiger partial charge in [0.05, 0.1) is 15.7 Å². The Labute approximate surface area is 104 Å². The Kier molecular flexibility index (Phi) is 4.26. The van der Waals surface area contributed by atoms with Gasteiger partial charge in [0.25, 0.3) is 5.91 Å². The molecule has 0 saturated carbocycles. The number of halogens is 2. The number of amides is 1. The van der Waals surface area contributed by atoms with Gasteiger partial charge >= 0.3 is 0 Å². The molecule has 0 aromatic heterocycles. The first kappa shape index (κ1) is 12.9. The molecule has 1 aromatic carbocycles. The molecule has 4 nitrogen and oxygen atoms in total. The number of benzene rings is 1. The minimum atomic E-state index is -0.162. The Morgan fingerprint density at radius 1 is 1.38 bits per heavy atom. The Hall–Kier alpha value is -1.13. The molecule has 0 bridgehead atoms. The molecule has 0 fully saturated rings. The molecule has 0 atom stereocenters. The van der Waals surface area contributed by atoms with Crippen LogP contribution in [0.4, 0.5) is 5.69 Å². The van der Waals surface area contributed by atoms with Crippen molar-refractivity contribution in [3.63, 3.8) is 0 Å². The van der Waals surface area contributed by atoms with E-state index in [2.05, 4.69) is 0 Å². The summed E-state index contributed by atoms with van der Waals surface area (Å²) < 4.78 is 5.24. The van der Waals surface area contributed by atoms with Crippen LogP contribution >= 0.6 is 23.2 Å². The fraction of sp³-hybridized carbons (Fsp3) is 0.300. The van der Waals surface area contributed by atoms with Gasteiger partial charge < -0.3 is 15.4 Å². The highest BCUT2D eigenvalue weighted by Gasteiger charge is 2.09. The topological polar surface area (TPSA) is 55.6 Å². The van der Waals surface area contributed by atoms with Crippen LogP contribution in [0.15, 0.2) is 12.1 Å². The Balaban J connectivity index is 2.75. The molecule has 0 heterocycles. The number of nitrogen functional groups attached to an aromatic ring is 1. The zero-order valence-corrected chi connectivity index (χ0v) is 10.5. The molecule has 0 unspecified atom stereocenters. The first-order valence-electron chi connectivity index (χ1n) is 4.49. The molecule has 16 heavy (non-hydrogen) atoms. The zero-order chi connectivity index (χ0) is 12.3. The molecule has 1 amide bonds. The fourth-order valence-electron chi connectivity index (χ4n) is 0.938. The molecule has 0 aliphatic rings. The van der Waals surface area contributed by atoms with Crippen molar-refractivity contribution in [3.05, 3.63) is 22.2 Å². The maximum Gasteiger partial charge on any atom is 0.259 e. The van der Waals surface area contributed by atoms with E-state index in [9.17, 15) is 4.79 Å². The third-order valence-electron chi connectivity index (χ3n) is 1.90. The molecule has 0 spiro atoms. The molecule has 2 N–H and O–H groups in total. The van der Waals surface area contributed by atoms with E-state index in [-0.39, 0.29) is 12.5 Å². The molecule has 0 saturated heterocycles. The summed E-state index contributed by atoms with van der Waals surface area (Å²) in [5, 5.41) is 0.689. The third kappa shape index (κ3) is 3.18. The molecule has 1 rings (SSSR count). The number of hydrogen-bond acceptors (Lipinski definition) is 3. The van der Waals surface area contributed by atoms with E-state index in [1.807, 2.05) is 0 Å². The largest absolute Gasteiger partial charge is 0.482 e. The third-order valence-corrected chi connectivity index (χ3v) is 2.62. The van der Waals surface area contributed by atoms with Gasteiger partial charge in [-0.15, -0.1) is 0 Å². The van der Waals surface area contributed by atoms with E-state index in [4.69, 9.17) is 33.7 Å². The Morgan fingerprint density at radius 3 is 2.50 bits per heavy atom. The lowest BCUT2D eigenvalue weighted by atomic mass is 10.3. The summed E-state index contributed by atoms with van der Waals surface area (Å²) in [5.41, 5.74) is 6.01. The number of nitrogens with two attached hydrogens (primary N) is 1. The summed E-state index contributed by atoms with van der Waals surface area (Å²) >= 11 is 11.6. The number of carbonyl (C=O) groups excluding carboxylic acids is 1. The van der Waals surface area contributed by atoms with Crippen molar-refractivity contribution in [1.29, 1.82) is 0 Å². The number of carbonyl (C=O) groups is 1. The fourth-order valence-corrected chi connectivity index (χ4v) is 1.26. The van der Waals surface area contributed by atoms with Crippen molar-refractivity contribution in [1.82, 2.24) is 4.90 Å². The summed E-state index contributed by atoms with van der Waals surface area (Å²) in [6.45, 7) is -0.0881. The summed E-state index contributed by atoms with van der Waals surface area (Å²) in [5.74, 6) is 0.190. The van der Waals surface area contributed by atoms with Crippen LogP contribution in [0.25, 0.3) is 0 Å². The van der Waals surface area contributed by atoms with Crippen LogP contribution in [0.2, 0.25) is 10.0 Å². The normalized spacial score (nSPS) is 10.0. The second kappa shape index (κ2) is 5.27. The highest BCUT2D eigenvalue weighted by molar-refractivity contribution is 6.42. The molecule has 88 valence electrons. The second-order valence-corrected chi connectivity index (χ2v) is 4.20. The van der Waals surface area contributed by atoms with Gasteiger partial charge in [-0.1, -0.05) is 23.2 Å². The second-order valence-electron chi connectivity index (χ2n) is 3.38. The highest BCUT2D eigenvalue weighted by Crippen LogP contribution is 2.32. The molecular formula is C10H12Cl2N2O2. The van der Waals surface area contributed by atoms with Crippen LogP contribution in [0.3, 0.4) is 0 Å². The number of anilines is 1. The maximum absolute atomic E-state index is 11.3. The lowest BCUT2D eigenvalue weighted by Crippen LogP contribution is -2.27. The molecule has 1 aromatic rings. The van der Waals surface area contributed by atoms with Gasteiger partial charge in [-0.05, 0) is 6.07 Å². The van der Waals surface area contributed by atoms with Gasteiger partial charge in [-0.25, -0.2) is 0 Å². The van der Waals surface area contributed by atoms with Crippen molar-refractivity contribution in [2.75, 3.05) is 26.4 Å². The Bertz CT molecular complexity index is 408. The molecule has 0 aliphatic carbocycles. The van der Waals surface area contributed by atoms with Crippen molar-refractivity contribution < 1.29 is 9.53 Å². The van der Waals surface area contributed by atoms with Crippen LogP contribution in [0.1, 0.15) is 0 Å². The van der Waals surface area contributed by atoms with E-state index < -0.39 is 0 Å². The predicted octanol–water partition coefficient (Wildman–Crippen LogP) is 2.04. The van der Waals surface area contributed by atoms with Crippen LogP contribution < -0.4 is 10.5 Å². The minimum absolute atomic E-state index is 0.0881. The van der Waals surface area contributed by atoms with Crippen LogP contribution in [-0.4, -0.2) is 31.5 Å². The lowest BCUT2D eigenvalue weighted by Gasteiger charge is -2.13. The van der Waals surface area contributed by atoms with Crippen LogP contribution in [0, 0.1) is 0 Å². The van der Waals surface area contributed by atoms with Gasteiger partial charge in [0.1, 0.15) is 5.75 Å². The first-order valence-corrected chi connectivity index (χ1v) is 5.25. The molecular weight excluding hydrogens is 251 g/mol. The number of hydrogen-bond donors (Lipinski definition) is 1. The quantitative estimate of drug-likeness (QED) is 0.849. The number of nitrogens with zero attached hydrogens (tertiary/aromatic N) is 1. The lowest BCUT2D eigenvalue weighted by molar-refractivity contribution is -0.130. The summed E-state index contributed by atoms with van der Waals surface area (Å²) in [4.78, 5) is 12.7. The van der Waals surface area contributed by atoms with Gasteiger partial charge in [0.15, 0.2) is 6.61 Å². The molecule has 6 heteroatoms. The number of rotatable bonds is 3. The van der Waals surface area contributed by atoms with Gasteiger partial charge in [-0.2, -0.15) is 0 Å².